The van der Waals surface area contributed by atoms with Gasteiger partial charge in [-0.2, -0.15) is 13.2 Å². The zero-order valence-electron chi connectivity index (χ0n) is 22.5. The van der Waals surface area contributed by atoms with Gasteiger partial charge in [-0.15, -0.1) is 6.42 Å². The summed E-state index contributed by atoms with van der Waals surface area (Å²) in [6, 6.07) is 1.98. The number of Topliss-reactive ketones (excluding diaryl/α,β-unsaturated/α-hetero) is 1. The van der Waals surface area contributed by atoms with Crippen molar-refractivity contribution in [3.8, 4) is 12.3 Å². The molecule has 0 fully saturated rings. The van der Waals surface area contributed by atoms with Gasteiger partial charge in [0.1, 0.15) is 23.7 Å². The number of amides is 2. The monoisotopic (exact) mass is 551 g/mol. The van der Waals surface area contributed by atoms with E-state index in [2.05, 4.69) is 16.6 Å². The highest BCUT2D eigenvalue weighted by Gasteiger charge is 2.36. The van der Waals surface area contributed by atoms with Gasteiger partial charge in [-0.3, -0.25) is 19.2 Å². The van der Waals surface area contributed by atoms with Crippen LogP contribution in [0.5, 0.6) is 0 Å². The van der Waals surface area contributed by atoms with Crippen molar-refractivity contribution in [1.29, 1.82) is 0 Å². The van der Waals surface area contributed by atoms with Gasteiger partial charge in [0.25, 0.3) is 17.6 Å². The Morgan fingerprint density at radius 1 is 1.08 bits per heavy atom. The molecule has 0 bridgehead atoms. The van der Waals surface area contributed by atoms with Crippen LogP contribution < -0.4 is 10.6 Å². The number of hydrogen-bond donors (Lipinski definition) is 2. The molecule has 0 unspecified atom stereocenters. The molecule has 0 aliphatic heterocycles. The average Bonchev–Trinajstić information content (AvgIpc) is 3.04. The lowest BCUT2D eigenvalue weighted by molar-refractivity contribution is -0.154. The van der Waals surface area contributed by atoms with Crippen LogP contribution in [0.4, 0.5) is 23.2 Å². The Labute approximate surface area is 223 Å². The Kier molecular flexibility index (Phi) is 8.70. The van der Waals surface area contributed by atoms with E-state index in [9.17, 15) is 36.7 Å². The molecular weight excluding hydrogens is 522 g/mol. The Hall–Kier alpha value is -4.14. The largest absolute Gasteiger partial charge is 0.462 e. The number of esters is 1. The van der Waals surface area contributed by atoms with Crippen molar-refractivity contribution in [3.05, 3.63) is 52.1 Å². The first kappa shape index (κ1) is 31.1. The molecule has 8 nitrogen and oxygen atoms in total. The second kappa shape index (κ2) is 10.9. The molecule has 0 radical (unpaired) electrons. The molecule has 39 heavy (non-hydrogen) atoms. The van der Waals surface area contributed by atoms with Gasteiger partial charge in [0.2, 0.25) is 0 Å². The molecule has 2 rings (SSSR count). The number of carbonyl (C=O) groups excluding carboxylic acids is 4. The van der Waals surface area contributed by atoms with Crippen LogP contribution in [-0.4, -0.2) is 40.3 Å². The van der Waals surface area contributed by atoms with E-state index in [0.29, 0.717) is 12.1 Å². The molecule has 0 saturated carbocycles. The molecule has 1 aromatic heterocycles. The highest BCUT2D eigenvalue weighted by atomic mass is 19.4. The van der Waals surface area contributed by atoms with Crippen LogP contribution >= 0.6 is 0 Å². The summed E-state index contributed by atoms with van der Waals surface area (Å²) in [5.41, 5.74) is -4.18. The van der Waals surface area contributed by atoms with Crippen LogP contribution in [0.3, 0.4) is 0 Å². The standard InChI is InChI=1S/C27H29F4N3O5/c1-9-26(7,13-39-24(38)25(4,5)6)33-23(37)21(35)19-14(2)20(34(8)15(19)3)22(36)32-16-10-11-18(28)17(12-16)27(29,30)31/h1,10-12H,13H2,2-8H3,(H,32,36)(H,33,37)/t26-/m1/s1. The maximum Gasteiger partial charge on any atom is 0.419 e. The van der Waals surface area contributed by atoms with E-state index in [1.807, 2.05) is 0 Å². The number of rotatable bonds is 7. The number of hydrogen-bond acceptors (Lipinski definition) is 5. The van der Waals surface area contributed by atoms with Gasteiger partial charge >= 0.3 is 12.1 Å². The van der Waals surface area contributed by atoms with Crippen molar-refractivity contribution >= 4 is 29.3 Å². The number of halogens is 4. The molecule has 0 aliphatic carbocycles. The molecule has 2 N–H and O–H groups in total. The maximum atomic E-state index is 13.6. The van der Waals surface area contributed by atoms with Gasteiger partial charge in [0, 0.05) is 18.4 Å². The minimum atomic E-state index is -4.98. The maximum absolute atomic E-state index is 13.6. The van der Waals surface area contributed by atoms with Crippen LogP contribution in [0.1, 0.15) is 65.4 Å². The minimum Gasteiger partial charge on any atom is -0.462 e. The number of aromatic nitrogens is 1. The van der Waals surface area contributed by atoms with Crippen molar-refractivity contribution in [2.75, 3.05) is 11.9 Å². The number of carbonyl (C=O) groups is 4. The Balaban J connectivity index is 2.32. The quantitative estimate of drug-likeness (QED) is 0.175. The predicted octanol–water partition coefficient (Wildman–Crippen LogP) is 4.33. The number of terminal acetylenes is 1. The number of anilines is 1. The van der Waals surface area contributed by atoms with Gasteiger partial charge in [0.15, 0.2) is 0 Å². The number of ketones is 1. The highest BCUT2D eigenvalue weighted by Crippen LogP contribution is 2.33. The predicted molar refractivity (Wildman–Crippen MR) is 134 cm³/mol. The third kappa shape index (κ3) is 6.85. The number of nitrogens with zero attached hydrogens (tertiary/aromatic N) is 1. The summed E-state index contributed by atoms with van der Waals surface area (Å²) in [4.78, 5) is 51.0. The number of nitrogens with one attached hydrogen (secondary N) is 2. The first-order valence-electron chi connectivity index (χ1n) is 11.6. The summed E-state index contributed by atoms with van der Waals surface area (Å²) in [6.45, 7) is 8.72. The Morgan fingerprint density at radius 3 is 2.18 bits per heavy atom. The van der Waals surface area contributed by atoms with Crippen LogP contribution in [0.25, 0.3) is 0 Å². The van der Waals surface area contributed by atoms with Gasteiger partial charge < -0.3 is 19.9 Å². The third-order valence-electron chi connectivity index (χ3n) is 5.92. The first-order chi connectivity index (χ1) is 17.7. The van der Waals surface area contributed by atoms with Crippen LogP contribution in [0, 0.1) is 37.4 Å². The average molecular weight is 552 g/mol. The molecule has 1 heterocycles. The van der Waals surface area contributed by atoms with Gasteiger partial charge in [-0.25, -0.2) is 4.39 Å². The van der Waals surface area contributed by atoms with Crippen molar-refractivity contribution in [3.63, 3.8) is 0 Å². The van der Waals surface area contributed by atoms with Crippen molar-refractivity contribution < 1.29 is 41.5 Å². The van der Waals surface area contributed by atoms with E-state index < -0.39 is 58.7 Å². The topological polar surface area (TPSA) is 106 Å². The van der Waals surface area contributed by atoms with Crippen LogP contribution in [-0.2, 0) is 27.5 Å². The summed E-state index contributed by atoms with van der Waals surface area (Å²) in [5.74, 6) is -2.83. The molecule has 2 aromatic rings. The fourth-order valence-electron chi connectivity index (χ4n) is 3.61. The summed E-state index contributed by atoms with van der Waals surface area (Å²) < 4.78 is 59.2. The van der Waals surface area contributed by atoms with E-state index in [-0.39, 0.29) is 28.2 Å². The van der Waals surface area contributed by atoms with Crippen LogP contribution in [0.2, 0.25) is 0 Å². The molecule has 2 amide bonds. The summed E-state index contributed by atoms with van der Waals surface area (Å²) in [7, 11) is 1.43. The van der Waals surface area contributed by atoms with E-state index >= 15 is 0 Å². The smallest absolute Gasteiger partial charge is 0.419 e. The van der Waals surface area contributed by atoms with E-state index in [1.165, 1.54) is 32.4 Å². The Morgan fingerprint density at radius 2 is 1.67 bits per heavy atom. The van der Waals surface area contributed by atoms with Gasteiger partial charge in [-0.1, -0.05) is 5.92 Å². The second-order valence-electron chi connectivity index (χ2n) is 10.2. The first-order valence-corrected chi connectivity index (χ1v) is 11.6. The summed E-state index contributed by atoms with van der Waals surface area (Å²) in [6.07, 6.45) is 0.540. The normalized spacial score (nSPS) is 13.2. The van der Waals surface area contributed by atoms with Crippen molar-refractivity contribution in [2.45, 2.75) is 53.3 Å². The van der Waals surface area contributed by atoms with E-state index in [0.717, 1.165) is 6.07 Å². The zero-order valence-corrected chi connectivity index (χ0v) is 22.5. The van der Waals surface area contributed by atoms with Crippen molar-refractivity contribution in [1.82, 2.24) is 9.88 Å². The Bertz CT molecular complexity index is 1380. The third-order valence-corrected chi connectivity index (χ3v) is 5.92. The molecular formula is C27H29F4N3O5. The van der Waals surface area contributed by atoms with Gasteiger partial charge in [-0.05, 0) is 65.3 Å². The van der Waals surface area contributed by atoms with Crippen LogP contribution in [0.15, 0.2) is 18.2 Å². The number of alkyl halides is 3. The van der Waals surface area contributed by atoms with E-state index in [1.54, 1.807) is 20.8 Å². The zero-order chi connectivity index (χ0) is 30.1. The second-order valence-corrected chi connectivity index (χ2v) is 10.2. The molecule has 12 heteroatoms. The SMILES string of the molecule is C#C[C@](C)(COC(=O)C(C)(C)C)NC(=O)C(=O)c1c(C)c(C(=O)Nc2ccc(F)c(C(F)(F)F)c2)n(C)c1C. The molecule has 1 atom stereocenters. The molecule has 210 valence electrons. The lowest BCUT2D eigenvalue weighted by atomic mass is 9.97. The number of ether oxygens (including phenoxy) is 1. The van der Waals surface area contributed by atoms with Crippen molar-refractivity contribution in [2.24, 2.45) is 12.5 Å². The highest BCUT2D eigenvalue weighted by molar-refractivity contribution is 6.44. The fraction of sp³-hybridized carbons (Fsp3) is 0.407. The lowest BCUT2D eigenvalue weighted by Crippen LogP contribution is -2.51. The van der Waals surface area contributed by atoms with E-state index in [4.69, 9.17) is 11.2 Å². The lowest BCUT2D eigenvalue weighted by Gasteiger charge is -2.26. The minimum absolute atomic E-state index is 0.0763. The molecule has 0 aliphatic rings. The molecule has 1 aromatic carbocycles. The molecule has 0 saturated heterocycles. The van der Waals surface area contributed by atoms with Gasteiger partial charge in [0.05, 0.1) is 16.5 Å². The summed E-state index contributed by atoms with van der Waals surface area (Å²) >= 11 is 0. The summed E-state index contributed by atoms with van der Waals surface area (Å²) in [5, 5.41) is 4.63. The molecule has 0 spiro atoms. The number of benzene rings is 1. The fourth-order valence-corrected chi connectivity index (χ4v) is 3.61.